The molecule has 1 rings (SSSR count). The van der Waals surface area contributed by atoms with E-state index in [1.54, 1.807) is 11.4 Å². The van der Waals surface area contributed by atoms with E-state index in [0.29, 0.717) is 6.54 Å². The minimum Gasteiger partial charge on any atom is -0.458 e. The Balaban J connectivity index is 2.85. The van der Waals surface area contributed by atoms with Crippen molar-refractivity contribution in [3.05, 3.63) is 30.3 Å². The van der Waals surface area contributed by atoms with Gasteiger partial charge in [-0.05, 0) is 40.0 Å². The summed E-state index contributed by atoms with van der Waals surface area (Å²) in [4.78, 5) is 12.2. The summed E-state index contributed by atoms with van der Waals surface area (Å²) in [7, 11) is 1.80. The predicted octanol–water partition coefficient (Wildman–Crippen LogP) is 2.27. The van der Waals surface area contributed by atoms with Gasteiger partial charge in [0.25, 0.3) is 0 Å². The Bertz CT molecular complexity index is 404. The summed E-state index contributed by atoms with van der Waals surface area (Å²) in [6.45, 7) is 6.03. The van der Waals surface area contributed by atoms with Crippen LogP contribution in [0.4, 0.5) is 5.69 Å². The second-order valence-corrected chi connectivity index (χ2v) is 5.72. The minimum atomic E-state index is -0.506. The molecule has 0 heterocycles. The highest BCUT2D eigenvalue weighted by Gasteiger charge is 2.28. The number of carbonyl (C=O) groups excluding carboxylic acids is 1. The summed E-state index contributed by atoms with van der Waals surface area (Å²) in [6, 6.07) is 9.06. The lowest BCUT2D eigenvalue weighted by atomic mass is 10.2. The van der Waals surface area contributed by atoms with Crippen LogP contribution in [0.15, 0.2) is 30.3 Å². The molecule has 4 nitrogen and oxygen atoms in total. The quantitative estimate of drug-likeness (QED) is 0.642. The number of carbonyl (C=O) groups is 1. The van der Waals surface area contributed by atoms with Crippen LogP contribution in [0.2, 0.25) is 0 Å². The zero-order valence-corrected chi connectivity index (χ0v) is 12.8. The number of likely N-dealkylation sites (N-methyl/N-ethyl adjacent to an activating group) is 1. The highest BCUT2D eigenvalue weighted by Crippen LogP contribution is 2.20. The third-order valence-corrected chi connectivity index (χ3v) is 2.90. The van der Waals surface area contributed by atoms with Crippen LogP contribution in [-0.2, 0) is 9.53 Å². The monoisotopic (exact) mass is 282 g/mol. The van der Waals surface area contributed by atoms with E-state index in [1.165, 1.54) is 0 Å². The number of thiol groups is 1. The van der Waals surface area contributed by atoms with Crippen LogP contribution in [-0.4, -0.2) is 31.2 Å². The van der Waals surface area contributed by atoms with Gasteiger partial charge in [0.15, 0.2) is 0 Å². The van der Waals surface area contributed by atoms with E-state index in [2.05, 4.69) is 18.1 Å². The molecule has 0 bridgehead atoms. The van der Waals surface area contributed by atoms with Crippen molar-refractivity contribution in [1.82, 2.24) is 5.32 Å². The molecule has 106 valence electrons. The van der Waals surface area contributed by atoms with Crippen LogP contribution in [0.1, 0.15) is 20.8 Å². The summed E-state index contributed by atoms with van der Waals surface area (Å²) in [5.74, 6) is -0.291. The van der Waals surface area contributed by atoms with E-state index < -0.39 is 11.6 Å². The number of hydrogen-bond acceptors (Lipinski definition) is 5. The van der Waals surface area contributed by atoms with Crippen molar-refractivity contribution in [2.75, 3.05) is 17.9 Å². The fourth-order valence-electron chi connectivity index (χ4n) is 1.59. The number of esters is 1. The Morgan fingerprint density at radius 2 is 1.95 bits per heavy atom. The molecule has 1 aromatic carbocycles. The number of anilines is 1. The molecule has 0 radical (unpaired) electrons. The predicted molar refractivity (Wildman–Crippen MR) is 81.5 cm³/mol. The lowest BCUT2D eigenvalue weighted by Crippen LogP contribution is -2.45. The molecule has 1 aromatic rings. The molecule has 1 unspecified atom stereocenters. The third kappa shape index (κ3) is 5.12. The maximum Gasteiger partial charge on any atom is 0.331 e. The molecule has 1 atom stereocenters. The van der Waals surface area contributed by atoms with Gasteiger partial charge in [-0.25, -0.2) is 4.79 Å². The molecule has 0 spiro atoms. The molecule has 0 saturated carbocycles. The number of hydrogen-bond donors (Lipinski definition) is 2. The molecule has 0 aromatic heterocycles. The van der Waals surface area contributed by atoms with Crippen molar-refractivity contribution in [3.8, 4) is 0 Å². The van der Waals surface area contributed by atoms with Crippen LogP contribution < -0.4 is 9.62 Å². The largest absolute Gasteiger partial charge is 0.458 e. The zero-order chi connectivity index (χ0) is 14.5. The van der Waals surface area contributed by atoms with Crippen LogP contribution in [0.3, 0.4) is 0 Å². The number of rotatable bonds is 5. The smallest absolute Gasteiger partial charge is 0.331 e. The van der Waals surface area contributed by atoms with Gasteiger partial charge in [-0.3, -0.25) is 0 Å². The highest BCUT2D eigenvalue weighted by molar-refractivity contribution is 7.81. The van der Waals surface area contributed by atoms with Crippen molar-refractivity contribution in [1.29, 1.82) is 0 Å². The number of benzene rings is 1. The van der Waals surface area contributed by atoms with Gasteiger partial charge < -0.3 is 14.4 Å². The fraction of sp³-hybridized carbons (Fsp3) is 0.500. The molecule has 19 heavy (non-hydrogen) atoms. The second-order valence-electron chi connectivity index (χ2n) is 5.29. The molecule has 0 aliphatic heterocycles. The zero-order valence-electron chi connectivity index (χ0n) is 11.9. The topological polar surface area (TPSA) is 41.6 Å². The van der Waals surface area contributed by atoms with Gasteiger partial charge in [-0.15, -0.1) is 0 Å². The first-order valence-electron chi connectivity index (χ1n) is 6.26. The van der Waals surface area contributed by atoms with E-state index in [0.717, 1.165) is 5.69 Å². The van der Waals surface area contributed by atoms with Crippen molar-refractivity contribution < 1.29 is 9.53 Å². The minimum absolute atomic E-state index is 0.291. The molecule has 0 saturated heterocycles. The van der Waals surface area contributed by atoms with E-state index in [9.17, 15) is 4.79 Å². The fourth-order valence-corrected chi connectivity index (χ4v) is 1.90. The Labute approximate surface area is 120 Å². The number of nitrogens with zero attached hydrogens (tertiary/aromatic N) is 1. The Morgan fingerprint density at radius 1 is 1.37 bits per heavy atom. The Morgan fingerprint density at radius 3 is 2.42 bits per heavy atom. The Kier molecular flexibility index (Phi) is 5.69. The molecule has 1 N–H and O–H groups in total. The van der Waals surface area contributed by atoms with Gasteiger partial charge in [-0.1, -0.05) is 31.0 Å². The number of nitrogens with one attached hydrogen (secondary N) is 1. The molecule has 0 aliphatic carbocycles. The van der Waals surface area contributed by atoms with Gasteiger partial charge in [0.05, 0.1) is 0 Å². The van der Waals surface area contributed by atoms with Crippen molar-refractivity contribution in [2.24, 2.45) is 0 Å². The summed E-state index contributed by atoms with van der Waals surface area (Å²) < 4.78 is 7.06. The molecule has 0 fully saturated rings. The first-order chi connectivity index (χ1) is 8.85. The summed E-state index contributed by atoms with van der Waals surface area (Å²) in [5.41, 5.74) is 0.353. The number of ether oxygens (including phenoxy) is 1. The summed E-state index contributed by atoms with van der Waals surface area (Å²) >= 11 is 4.43. The number of para-hydroxylation sites is 1. The van der Waals surface area contributed by atoms with Crippen LogP contribution in [0, 0.1) is 0 Å². The van der Waals surface area contributed by atoms with Crippen LogP contribution in [0.5, 0.6) is 0 Å². The Hall–Kier alpha value is -1.20. The standard InChI is InChI=1S/C14H22N2O2S/c1-14(2,3)18-13(17)12(10-15-4)16(19)11-8-6-5-7-9-11/h5-9,12,15,19H,10H2,1-4H3. The lowest BCUT2D eigenvalue weighted by Gasteiger charge is -2.30. The summed E-state index contributed by atoms with van der Waals surface area (Å²) in [5, 5.41) is 2.99. The molecule has 0 amide bonds. The van der Waals surface area contributed by atoms with Gasteiger partial charge in [0.2, 0.25) is 0 Å². The average Bonchev–Trinajstić information content (AvgIpc) is 2.34. The van der Waals surface area contributed by atoms with Gasteiger partial charge in [0, 0.05) is 12.2 Å². The molecular weight excluding hydrogens is 260 g/mol. The van der Waals surface area contributed by atoms with Crippen LogP contribution in [0.25, 0.3) is 0 Å². The lowest BCUT2D eigenvalue weighted by molar-refractivity contribution is -0.156. The van der Waals surface area contributed by atoms with Gasteiger partial charge in [-0.2, -0.15) is 0 Å². The molecule has 0 aliphatic rings. The average molecular weight is 282 g/mol. The maximum absolute atomic E-state index is 12.2. The third-order valence-electron chi connectivity index (χ3n) is 2.39. The van der Waals surface area contributed by atoms with Crippen LogP contribution >= 0.6 is 12.8 Å². The normalized spacial score (nSPS) is 12.9. The van der Waals surface area contributed by atoms with E-state index in [1.807, 2.05) is 51.1 Å². The van der Waals surface area contributed by atoms with Crippen molar-refractivity contribution in [2.45, 2.75) is 32.4 Å². The summed E-state index contributed by atoms with van der Waals surface area (Å²) in [6.07, 6.45) is 0. The van der Waals surface area contributed by atoms with Crippen molar-refractivity contribution in [3.63, 3.8) is 0 Å². The van der Waals surface area contributed by atoms with E-state index >= 15 is 0 Å². The van der Waals surface area contributed by atoms with E-state index in [-0.39, 0.29) is 5.97 Å². The molecular formula is C14H22N2O2S. The van der Waals surface area contributed by atoms with Gasteiger partial charge in [0.1, 0.15) is 11.6 Å². The first-order valence-corrected chi connectivity index (χ1v) is 6.66. The van der Waals surface area contributed by atoms with E-state index in [4.69, 9.17) is 4.74 Å². The SMILES string of the molecule is CNCC(C(=O)OC(C)(C)C)N(S)c1ccccc1. The maximum atomic E-state index is 12.2. The second kappa shape index (κ2) is 6.82. The first kappa shape index (κ1) is 15.9. The van der Waals surface area contributed by atoms with Crippen molar-refractivity contribution >= 4 is 24.5 Å². The molecule has 5 heteroatoms. The highest BCUT2D eigenvalue weighted by atomic mass is 32.1. The van der Waals surface area contributed by atoms with Gasteiger partial charge >= 0.3 is 5.97 Å².